The lowest BCUT2D eigenvalue weighted by molar-refractivity contribution is -0.113. The predicted molar refractivity (Wildman–Crippen MR) is 86.9 cm³/mol. The van der Waals surface area contributed by atoms with Crippen molar-refractivity contribution < 1.29 is 4.79 Å². The van der Waals surface area contributed by atoms with Gasteiger partial charge < -0.3 is 10.3 Å². The standard InChI is InChI=1S/C15H12ClN3OS/c16-10-5-7-11(8-6-10)17-14(20)9-21-15-18-12-3-1-2-4-13(12)19-15/h1-8H,9H2,(H,17,20)(H,18,19). The number of carbonyl (C=O) groups is 1. The van der Waals surface area contributed by atoms with Crippen molar-refractivity contribution in [2.24, 2.45) is 0 Å². The summed E-state index contributed by atoms with van der Waals surface area (Å²) in [7, 11) is 0. The number of halogens is 1. The molecule has 0 saturated carbocycles. The number of nitrogens with one attached hydrogen (secondary N) is 2. The molecule has 1 aromatic heterocycles. The molecule has 3 aromatic rings. The van der Waals surface area contributed by atoms with Gasteiger partial charge >= 0.3 is 0 Å². The van der Waals surface area contributed by atoms with E-state index in [1.165, 1.54) is 11.8 Å². The summed E-state index contributed by atoms with van der Waals surface area (Å²) < 4.78 is 0. The number of aromatic amines is 1. The van der Waals surface area contributed by atoms with E-state index < -0.39 is 0 Å². The molecule has 0 aliphatic heterocycles. The van der Waals surface area contributed by atoms with Gasteiger partial charge in [-0.2, -0.15) is 0 Å². The highest BCUT2D eigenvalue weighted by Gasteiger charge is 2.07. The zero-order chi connectivity index (χ0) is 14.7. The Hall–Kier alpha value is -1.98. The minimum absolute atomic E-state index is 0.0808. The van der Waals surface area contributed by atoms with Crippen molar-refractivity contribution in [1.29, 1.82) is 0 Å². The Morgan fingerprint density at radius 3 is 2.71 bits per heavy atom. The highest BCUT2D eigenvalue weighted by atomic mass is 35.5. The summed E-state index contributed by atoms with van der Waals surface area (Å²) in [4.78, 5) is 19.5. The van der Waals surface area contributed by atoms with Crippen molar-refractivity contribution in [2.45, 2.75) is 5.16 Å². The molecule has 1 heterocycles. The Labute approximate surface area is 130 Å². The molecule has 0 aliphatic rings. The lowest BCUT2D eigenvalue weighted by Crippen LogP contribution is -2.13. The number of H-pyrrole nitrogens is 1. The van der Waals surface area contributed by atoms with E-state index >= 15 is 0 Å². The Balaban J connectivity index is 1.59. The van der Waals surface area contributed by atoms with Crippen LogP contribution in [0.3, 0.4) is 0 Å². The highest BCUT2D eigenvalue weighted by Crippen LogP contribution is 2.19. The molecular weight excluding hydrogens is 306 g/mol. The fourth-order valence-electron chi connectivity index (χ4n) is 1.86. The van der Waals surface area contributed by atoms with Gasteiger partial charge in [0.25, 0.3) is 0 Å². The van der Waals surface area contributed by atoms with E-state index in [0.717, 1.165) is 21.9 Å². The van der Waals surface area contributed by atoms with Crippen LogP contribution in [-0.4, -0.2) is 21.6 Å². The van der Waals surface area contributed by atoms with E-state index in [-0.39, 0.29) is 5.91 Å². The molecule has 0 fully saturated rings. The van der Waals surface area contributed by atoms with E-state index in [1.807, 2.05) is 24.3 Å². The van der Waals surface area contributed by atoms with Crippen LogP contribution >= 0.6 is 23.4 Å². The van der Waals surface area contributed by atoms with Crippen LogP contribution < -0.4 is 5.32 Å². The molecule has 0 spiro atoms. The molecule has 6 heteroatoms. The molecule has 1 amide bonds. The summed E-state index contributed by atoms with van der Waals surface area (Å²) >= 11 is 7.17. The normalized spacial score (nSPS) is 10.7. The van der Waals surface area contributed by atoms with Gasteiger partial charge in [0.2, 0.25) is 5.91 Å². The fraction of sp³-hybridized carbons (Fsp3) is 0.0667. The summed E-state index contributed by atoms with van der Waals surface area (Å²) in [5.41, 5.74) is 2.60. The first-order chi connectivity index (χ1) is 10.2. The number of fused-ring (bicyclic) bond motifs is 1. The molecule has 4 nitrogen and oxygen atoms in total. The third-order valence-electron chi connectivity index (χ3n) is 2.84. The summed E-state index contributed by atoms with van der Waals surface area (Å²) in [6, 6.07) is 14.8. The van der Waals surface area contributed by atoms with Gasteiger partial charge in [0.1, 0.15) is 0 Å². The largest absolute Gasteiger partial charge is 0.333 e. The lowest BCUT2D eigenvalue weighted by Gasteiger charge is -2.03. The van der Waals surface area contributed by atoms with Gasteiger partial charge in [-0.15, -0.1) is 0 Å². The quantitative estimate of drug-likeness (QED) is 0.716. The van der Waals surface area contributed by atoms with Crippen LogP contribution in [0.5, 0.6) is 0 Å². The first-order valence-corrected chi connectivity index (χ1v) is 7.70. The molecule has 0 saturated heterocycles. The fourth-order valence-corrected chi connectivity index (χ4v) is 2.67. The minimum atomic E-state index is -0.0808. The van der Waals surface area contributed by atoms with Gasteiger partial charge in [-0.25, -0.2) is 4.98 Å². The van der Waals surface area contributed by atoms with E-state index in [4.69, 9.17) is 11.6 Å². The number of thioether (sulfide) groups is 1. The zero-order valence-corrected chi connectivity index (χ0v) is 12.5. The molecule has 0 radical (unpaired) electrons. The average Bonchev–Trinajstić information content (AvgIpc) is 2.90. The number of hydrogen-bond donors (Lipinski definition) is 2. The number of carbonyl (C=O) groups excluding carboxylic acids is 1. The van der Waals surface area contributed by atoms with Crippen LogP contribution in [-0.2, 0) is 4.79 Å². The van der Waals surface area contributed by atoms with Crippen molar-refractivity contribution in [3.63, 3.8) is 0 Å². The number of rotatable bonds is 4. The Morgan fingerprint density at radius 2 is 1.95 bits per heavy atom. The molecule has 0 unspecified atom stereocenters. The maximum atomic E-state index is 11.9. The molecule has 2 aromatic carbocycles. The number of amides is 1. The number of nitrogens with zero attached hydrogens (tertiary/aromatic N) is 1. The van der Waals surface area contributed by atoms with Gasteiger partial charge in [-0.05, 0) is 36.4 Å². The van der Waals surface area contributed by atoms with E-state index in [1.54, 1.807) is 24.3 Å². The van der Waals surface area contributed by atoms with Gasteiger partial charge in [-0.3, -0.25) is 4.79 Å². The van der Waals surface area contributed by atoms with E-state index in [9.17, 15) is 4.79 Å². The van der Waals surface area contributed by atoms with Crippen LogP contribution in [0.1, 0.15) is 0 Å². The van der Waals surface area contributed by atoms with Gasteiger partial charge in [0.05, 0.1) is 16.8 Å². The van der Waals surface area contributed by atoms with Gasteiger partial charge in [-0.1, -0.05) is 35.5 Å². The number of anilines is 1. The second kappa shape index (κ2) is 6.20. The third-order valence-corrected chi connectivity index (χ3v) is 3.96. The zero-order valence-electron chi connectivity index (χ0n) is 11.0. The molecule has 0 atom stereocenters. The van der Waals surface area contributed by atoms with Gasteiger partial charge in [0.15, 0.2) is 5.16 Å². The second-order valence-electron chi connectivity index (χ2n) is 4.40. The molecular formula is C15H12ClN3OS. The molecule has 2 N–H and O–H groups in total. The van der Waals surface area contributed by atoms with Crippen molar-refractivity contribution in [1.82, 2.24) is 9.97 Å². The van der Waals surface area contributed by atoms with Crippen LogP contribution in [0.25, 0.3) is 11.0 Å². The summed E-state index contributed by atoms with van der Waals surface area (Å²) in [6.07, 6.45) is 0. The number of benzene rings is 2. The summed E-state index contributed by atoms with van der Waals surface area (Å²) in [6.45, 7) is 0. The first kappa shape index (κ1) is 14.0. The number of imidazole rings is 1. The Morgan fingerprint density at radius 1 is 1.19 bits per heavy atom. The number of para-hydroxylation sites is 2. The predicted octanol–water partition coefficient (Wildman–Crippen LogP) is 3.95. The maximum Gasteiger partial charge on any atom is 0.234 e. The van der Waals surface area contributed by atoms with E-state index in [0.29, 0.717) is 10.8 Å². The second-order valence-corrected chi connectivity index (χ2v) is 5.80. The molecule has 106 valence electrons. The number of aromatic nitrogens is 2. The summed E-state index contributed by atoms with van der Waals surface area (Å²) in [5.74, 6) is 0.213. The smallest absolute Gasteiger partial charge is 0.234 e. The topological polar surface area (TPSA) is 57.8 Å². The SMILES string of the molecule is O=C(CSc1nc2ccccc2[nH]1)Nc1ccc(Cl)cc1. The Bertz CT molecular complexity index is 737. The van der Waals surface area contributed by atoms with Crippen molar-refractivity contribution >= 4 is 46.0 Å². The van der Waals surface area contributed by atoms with Crippen LogP contribution in [0.15, 0.2) is 53.7 Å². The Kier molecular flexibility index (Phi) is 4.13. The molecule has 3 rings (SSSR count). The third kappa shape index (κ3) is 3.56. The van der Waals surface area contributed by atoms with Crippen molar-refractivity contribution in [3.05, 3.63) is 53.6 Å². The minimum Gasteiger partial charge on any atom is -0.333 e. The maximum absolute atomic E-state index is 11.9. The van der Waals surface area contributed by atoms with Crippen LogP contribution in [0.4, 0.5) is 5.69 Å². The molecule has 0 aliphatic carbocycles. The van der Waals surface area contributed by atoms with E-state index in [2.05, 4.69) is 15.3 Å². The van der Waals surface area contributed by atoms with Crippen molar-refractivity contribution in [3.8, 4) is 0 Å². The molecule has 21 heavy (non-hydrogen) atoms. The molecule has 0 bridgehead atoms. The highest BCUT2D eigenvalue weighted by molar-refractivity contribution is 7.99. The number of hydrogen-bond acceptors (Lipinski definition) is 3. The van der Waals surface area contributed by atoms with Gasteiger partial charge in [0, 0.05) is 10.7 Å². The van der Waals surface area contributed by atoms with Crippen LogP contribution in [0, 0.1) is 0 Å². The summed E-state index contributed by atoms with van der Waals surface area (Å²) in [5, 5.41) is 4.19. The van der Waals surface area contributed by atoms with Crippen LogP contribution in [0.2, 0.25) is 5.02 Å². The first-order valence-electron chi connectivity index (χ1n) is 6.34. The average molecular weight is 318 g/mol. The lowest BCUT2D eigenvalue weighted by atomic mass is 10.3. The van der Waals surface area contributed by atoms with Crippen molar-refractivity contribution in [2.75, 3.05) is 11.1 Å². The monoisotopic (exact) mass is 317 g/mol.